The largest absolute Gasteiger partial charge is 0.496 e. The molecule has 20 heavy (non-hydrogen) atoms. The van der Waals surface area contributed by atoms with E-state index in [2.05, 4.69) is 48.9 Å². The highest BCUT2D eigenvalue weighted by Gasteiger charge is 2.19. The summed E-state index contributed by atoms with van der Waals surface area (Å²) in [5.41, 5.74) is 1.32. The van der Waals surface area contributed by atoms with Crippen LogP contribution < -0.4 is 4.74 Å². The molecule has 1 aliphatic heterocycles. The van der Waals surface area contributed by atoms with Gasteiger partial charge in [0.1, 0.15) is 5.75 Å². The highest BCUT2D eigenvalue weighted by molar-refractivity contribution is 9.10. The first-order valence-electron chi connectivity index (χ1n) is 6.95. The minimum absolute atomic E-state index is 0.436. The van der Waals surface area contributed by atoms with Crippen LogP contribution in [0.3, 0.4) is 0 Å². The molecule has 1 aromatic rings. The Labute approximate surface area is 137 Å². The third kappa shape index (κ3) is 4.72. The lowest BCUT2D eigenvalue weighted by Gasteiger charge is -2.31. The van der Waals surface area contributed by atoms with E-state index >= 15 is 0 Å². The molecule has 1 fully saturated rings. The Kier molecular flexibility index (Phi) is 6.81. The average Bonchev–Trinajstić information content (AvgIpc) is 2.47. The fraction of sp³-hybridized carbons (Fsp3) is 0.600. The highest BCUT2D eigenvalue weighted by atomic mass is 79.9. The van der Waals surface area contributed by atoms with Gasteiger partial charge in [0.25, 0.3) is 0 Å². The minimum atomic E-state index is 0.436. The van der Waals surface area contributed by atoms with Gasteiger partial charge in [-0.15, -0.1) is 0 Å². The minimum Gasteiger partial charge on any atom is -0.496 e. The maximum Gasteiger partial charge on any atom is 0.133 e. The molecule has 112 valence electrons. The topological polar surface area (TPSA) is 21.7 Å². The smallest absolute Gasteiger partial charge is 0.133 e. The molecule has 0 N–H and O–H groups in total. The van der Waals surface area contributed by atoms with Crippen molar-refractivity contribution < 1.29 is 9.47 Å². The number of ether oxygens (including phenoxy) is 2. The summed E-state index contributed by atoms with van der Waals surface area (Å²) in [5.74, 6) is 0.885. The molecule has 0 radical (unpaired) electrons. The van der Waals surface area contributed by atoms with Crippen molar-refractivity contribution in [2.24, 2.45) is 0 Å². The molecule has 0 aliphatic carbocycles. The number of likely N-dealkylation sites (tertiary alicyclic amines) is 1. The summed E-state index contributed by atoms with van der Waals surface area (Å²) in [5, 5.41) is 0.924. The van der Waals surface area contributed by atoms with Crippen molar-refractivity contribution in [2.75, 3.05) is 32.1 Å². The predicted molar refractivity (Wildman–Crippen MR) is 88.7 cm³/mol. The van der Waals surface area contributed by atoms with Crippen LogP contribution in [0.25, 0.3) is 0 Å². The maximum atomic E-state index is 5.78. The van der Waals surface area contributed by atoms with Gasteiger partial charge in [0.15, 0.2) is 0 Å². The van der Waals surface area contributed by atoms with Crippen LogP contribution in [0.4, 0.5) is 0 Å². The molecule has 0 bridgehead atoms. The molecule has 3 nitrogen and oxygen atoms in total. The Morgan fingerprint density at radius 2 is 2.05 bits per heavy atom. The molecule has 2 rings (SSSR count). The number of rotatable bonds is 6. The summed E-state index contributed by atoms with van der Waals surface area (Å²) >= 11 is 6.94. The van der Waals surface area contributed by atoms with E-state index in [0.717, 1.165) is 54.6 Å². The molecule has 0 unspecified atom stereocenters. The average molecular weight is 407 g/mol. The van der Waals surface area contributed by atoms with Crippen molar-refractivity contribution in [3.8, 4) is 5.75 Å². The number of hydrogen-bond acceptors (Lipinski definition) is 3. The van der Waals surface area contributed by atoms with E-state index in [0.29, 0.717) is 6.10 Å². The van der Waals surface area contributed by atoms with Gasteiger partial charge in [-0.3, -0.25) is 4.90 Å². The van der Waals surface area contributed by atoms with E-state index in [9.17, 15) is 0 Å². The van der Waals surface area contributed by atoms with Gasteiger partial charge in [-0.2, -0.15) is 0 Å². The molecule has 1 heterocycles. The molecular formula is C15H21Br2NO2. The van der Waals surface area contributed by atoms with E-state index < -0.39 is 0 Å². The number of benzene rings is 1. The summed E-state index contributed by atoms with van der Waals surface area (Å²) in [6.45, 7) is 4.02. The number of nitrogens with zero attached hydrogens (tertiary/aromatic N) is 1. The van der Waals surface area contributed by atoms with Crippen LogP contribution in [0.2, 0.25) is 0 Å². The Morgan fingerprint density at radius 3 is 2.65 bits per heavy atom. The first-order chi connectivity index (χ1) is 9.72. The maximum absolute atomic E-state index is 5.78. The van der Waals surface area contributed by atoms with Crippen molar-refractivity contribution in [3.05, 3.63) is 28.2 Å². The van der Waals surface area contributed by atoms with E-state index in [1.807, 2.05) is 6.07 Å². The summed E-state index contributed by atoms with van der Waals surface area (Å²) < 4.78 is 12.1. The molecule has 0 spiro atoms. The van der Waals surface area contributed by atoms with Crippen LogP contribution in [0.5, 0.6) is 5.75 Å². The van der Waals surface area contributed by atoms with E-state index in [1.165, 1.54) is 5.56 Å². The number of piperidine rings is 1. The molecule has 1 aromatic carbocycles. The van der Waals surface area contributed by atoms with Crippen molar-refractivity contribution in [3.63, 3.8) is 0 Å². The first-order valence-corrected chi connectivity index (χ1v) is 8.86. The fourth-order valence-corrected chi connectivity index (χ4v) is 3.29. The van der Waals surface area contributed by atoms with Crippen molar-refractivity contribution >= 4 is 31.9 Å². The normalized spacial score (nSPS) is 17.4. The van der Waals surface area contributed by atoms with Gasteiger partial charge >= 0.3 is 0 Å². The van der Waals surface area contributed by atoms with E-state index in [4.69, 9.17) is 9.47 Å². The molecule has 0 atom stereocenters. The summed E-state index contributed by atoms with van der Waals surface area (Å²) in [6, 6.07) is 6.30. The molecule has 1 aliphatic rings. The van der Waals surface area contributed by atoms with Gasteiger partial charge in [-0.05, 0) is 46.5 Å². The van der Waals surface area contributed by atoms with Crippen LogP contribution >= 0.6 is 31.9 Å². The van der Waals surface area contributed by atoms with Gasteiger partial charge in [0.05, 0.1) is 24.3 Å². The second kappa shape index (κ2) is 8.37. The second-order valence-electron chi connectivity index (χ2n) is 5.00. The van der Waals surface area contributed by atoms with Crippen molar-refractivity contribution in [2.45, 2.75) is 25.5 Å². The van der Waals surface area contributed by atoms with Crippen LogP contribution in [-0.4, -0.2) is 43.1 Å². The van der Waals surface area contributed by atoms with Gasteiger partial charge in [0.2, 0.25) is 0 Å². The Bertz CT molecular complexity index is 420. The van der Waals surface area contributed by atoms with Gasteiger partial charge in [-0.25, -0.2) is 0 Å². The molecule has 5 heteroatoms. The first kappa shape index (κ1) is 16.3. The van der Waals surface area contributed by atoms with Crippen LogP contribution in [-0.2, 0) is 11.3 Å². The predicted octanol–water partition coefficient (Wildman–Crippen LogP) is 3.83. The molecule has 0 saturated carbocycles. The van der Waals surface area contributed by atoms with Gasteiger partial charge in [-0.1, -0.05) is 22.0 Å². The van der Waals surface area contributed by atoms with Crippen LogP contribution in [0, 0.1) is 0 Å². The summed E-state index contributed by atoms with van der Waals surface area (Å²) in [6.07, 6.45) is 2.70. The lowest BCUT2D eigenvalue weighted by molar-refractivity contribution is 0.0141. The Morgan fingerprint density at radius 1 is 1.30 bits per heavy atom. The van der Waals surface area contributed by atoms with Gasteiger partial charge in [0, 0.05) is 25.0 Å². The summed E-state index contributed by atoms with van der Waals surface area (Å²) in [7, 11) is 1.69. The standard InChI is InChI=1S/C15H21Br2NO2/c1-19-15-3-2-12(10-14(15)17)11-18-7-4-13(5-8-18)20-9-6-16/h2-3,10,13H,4-9,11H2,1H3. The van der Waals surface area contributed by atoms with Crippen LogP contribution in [0.15, 0.2) is 22.7 Å². The van der Waals surface area contributed by atoms with Crippen molar-refractivity contribution in [1.82, 2.24) is 4.90 Å². The second-order valence-corrected chi connectivity index (χ2v) is 6.65. The summed E-state index contributed by atoms with van der Waals surface area (Å²) in [4.78, 5) is 2.49. The fourth-order valence-electron chi connectivity index (χ4n) is 2.51. The number of alkyl halides is 1. The quantitative estimate of drug-likeness (QED) is 0.670. The Balaban J connectivity index is 1.82. The van der Waals surface area contributed by atoms with Gasteiger partial charge < -0.3 is 9.47 Å². The van der Waals surface area contributed by atoms with Crippen LogP contribution in [0.1, 0.15) is 18.4 Å². The number of halogens is 2. The highest BCUT2D eigenvalue weighted by Crippen LogP contribution is 2.26. The SMILES string of the molecule is COc1ccc(CN2CCC(OCCBr)CC2)cc1Br. The molecule has 0 aromatic heterocycles. The molecule has 1 saturated heterocycles. The Hall–Kier alpha value is -0.100. The zero-order valence-corrected chi connectivity index (χ0v) is 15.0. The van der Waals surface area contributed by atoms with E-state index in [-0.39, 0.29) is 0 Å². The molecule has 0 amide bonds. The zero-order valence-electron chi connectivity index (χ0n) is 11.8. The third-order valence-corrected chi connectivity index (χ3v) is 4.53. The lowest BCUT2D eigenvalue weighted by atomic mass is 10.1. The molecular weight excluding hydrogens is 386 g/mol. The number of hydrogen-bond donors (Lipinski definition) is 0. The monoisotopic (exact) mass is 405 g/mol. The van der Waals surface area contributed by atoms with Crippen molar-refractivity contribution in [1.29, 1.82) is 0 Å². The zero-order chi connectivity index (χ0) is 14.4. The lowest BCUT2D eigenvalue weighted by Crippen LogP contribution is -2.36. The third-order valence-electron chi connectivity index (χ3n) is 3.59. The van der Waals surface area contributed by atoms with E-state index in [1.54, 1.807) is 7.11 Å². The number of methoxy groups -OCH3 is 1.